The zero-order chi connectivity index (χ0) is 30.0. The molecule has 5 rings (SSSR count). The van der Waals surface area contributed by atoms with E-state index in [0.717, 1.165) is 64.0 Å². The van der Waals surface area contributed by atoms with Crippen LogP contribution in [0.4, 0.5) is 10.1 Å². The number of likely N-dealkylation sites (tertiary alicyclic amines) is 1. The van der Waals surface area contributed by atoms with Gasteiger partial charge in [-0.2, -0.15) is 4.99 Å². The van der Waals surface area contributed by atoms with Crippen LogP contribution in [-0.4, -0.2) is 58.6 Å². The molecule has 2 aliphatic heterocycles. The molecule has 0 radical (unpaired) electrons. The zero-order valence-electron chi connectivity index (χ0n) is 26.1. The monoisotopic (exact) mass is 576 g/mol. The molecule has 2 fully saturated rings. The first-order valence-corrected chi connectivity index (χ1v) is 16.0. The highest BCUT2D eigenvalue weighted by molar-refractivity contribution is 6.12. The molecule has 6 nitrogen and oxygen atoms in total. The van der Waals surface area contributed by atoms with Crippen molar-refractivity contribution < 1.29 is 14.3 Å². The molecule has 2 N–H and O–H groups in total. The number of carbonyl (C=O) groups excluding carboxylic acids is 1. The lowest BCUT2D eigenvalue weighted by Crippen LogP contribution is -2.45. The van der Waals surface area contributed by atoms with Gasteiger partial charge in [0, 0.05) is 42.3 Å². The second-order valence-electron chi connectivity index (χ2n) is 13.7. The fourth-order valence-electron chi connectivity index (χ4n) is 7.36. The van der Waals surface area contributed by atoms with Crippen molar-refractivity contribution in [2.75, 3.05) is 18.0 Å². The first-order valence-electron chi connectivity index (χ1n) is 16.0. The number of fused-ring (bicyclic) bond motifs is 1. The van der Waals surface area contributed by atoms with Crippen LogP contribution in [0, 0.1) is 17.7 Å². The Hall–Kier alpha value is -2.61. The normalized spacial score (nSPS) is 23.9. The Morgan fingerprint density at radius 3 is 2.40 bits per heavy atom. The number of aliphatic hydroxyl groups is 1. The maximum atomic E-state index is 13.9. The smallest absolute Gasteiger partial charge is 0.278 e. The number of nitrogens with zero attached hydrogens (tertiary/aromatic N) is 3. The molecule has 1 saturated heterocycles. The summed E-state index contributed by atoms with van der Waals surface area (Å²) < 4.78 is 13.9. The van der Waals surface area contributed by atoms with E-state index in [1.165, 1.54) is 28.9 Å². The summed E-state index contributed by atoms with van der Waals surface area (Å²) in [7, 11) is 0. The van der Waals surface area contributed by atoms with Crippen LogP contribution in [0.3, 0.4) is 0 Å². The van der Waals surface area contributed by atoms with Gasteiger partial charge < -0.3 is 15.3 Å². The van der Waals surface area contributed by atoms with Crippen LogP contribution in [0.5, 0.6) is 0 Å². The van der Waals surface area contributed by atoms with Crippen LogP contribution < -0.4 is 10.2 Å². The molecule has 1 unspecified atom stereocenters. The highest BCUT2D eigenvalue weighted by atomic mass is 19.1. The number of rotatable bonds is 8. The number of amides is 1. The number of carbonyl (C=O) groups is 1. The van der Waals surface area contributed by atoms with Crippen molar-refractivity contribution in [1.29, 1.82) is 0 Å². The number of halogens is 1. The fraction of sp³-hybridized carbons (Fsp3) is 0.600. The third-order valence-corrected chi connectivity index (χ3v) is 9.74. The molecule has 1 atom stereocenters. The van der Waals surface area contributed by atoms with E-state index < -0.39 is 11.4 Å². The maximum absolute atomic E-state index is 13.9. The molecule has 2 heterocycles. The number of hydrogen-bond acceptors (Lipinski definition) is 4. The zero-order valence-corrected chi connectivity index (χ0v) is 26.1. The number of amidine groups is 1. The van der Waals surface area contributed by atoms with E-state index in [1.807, 2.05) is 13.8 Å². The van der Waals surface area contributed by atoms with Gasteiger partial charge in [0.15, 0.2) is 0 Å². The Morgan fingerprint density at radius 1 is 1.05 bits per heavy atom. The van der Waals surface area contributed by atoms with Crippen LogP contribution in [0.15, 0.2) is 47.5 Å². The summed E-state index contributed by atoms with van der Waals surface area (Å²) in [5.41, 5.74) is 3.29. The minimum atomic E-state index is -0.625. The number of aliphatic imine (C=N–C) groups is 1. The van der Waals surface area contributed by atoms with Crippen molar-refractivity contribution in [2.24, 2.45) is 16.8 Å². The predicted octanol–water partition coefficient (Wildman–Crippen LogP) is 6.36. The summed E-state index contributed by atoms with van der Waals surface area (Å²) in [5.74, 6) is 0.941. The number of hydrogen-bond donors (Lipinski definition) is 2. The lowest BCUT2D eigenvalue weighted by molar-refractivity contribution is -0.0136. The molecule has 42 heavy (non-hydrogen) atoms. The van der Waals surface area contributed by atoms with Gasteiger partial charge in [0.25, 0.3) is 5.91 Å². The Balaban J connectivity index is 1.36. The Labute approximate surface area is 251 Å². The second-order valence-corrected chi connectivity index (χ2v) is 13.7. The number of nitrogens with one attached hydrogen (secondary N) is 1. The van der Waals surface area contributed by atoms with Crippen molar-refractivity contribution in [3.63, 3.8) is 0 Å². The summed E-state index contributed by atoms with van der Waals surface area (Å²) in [6, 6.07) is 13.8. The van der Waals surface area contributed by atoms with E-state index in [2.05, 4.69) is 59.1 Å². The van der Waals surface area contributed by atoms with Gasteiger partial charge in [0.05, 0.1) is 5.60 Å². The third-order valence-electron chi connectivity index (χ3n) is 9.74. The highest BCUT2D eigenvalue weighted by Crippen LogP contribution is 2.39. The molecular formula is C35H49FN4O2. The predicted molar refractivity (Wildman–Crippen MR) is 169 cm³/mol. The molecule has 2 aromatic carbocycles. The van der Waals surface area contributed by atoms with Gasteiger partial charge in [0.2, 0.25) is 0 Å². The summed E-state index contributed by atoms with van der Waals surface area (Å²) >= 11 is 0. The lowest BCUT2D eigenvalue weighted by atomic mass is 9.81. The molecule has 7 heteroatoms. The highest BCUT2D eigenvalue weighted by Gasteiger charge is 2.36. The topological polar surface area (TPSA) is 68.2 Å². The molecule has 0 bridgehead atoms. The van der Waals surface area contributed by atoms with Gasteiger partial charge in [-0.05, 0) is 120 Å². The SMILES string of the molecule is CC(C)NC(C)C1CCC(N2C(=NC(=O)c3cccc(F)c3)Cc3ccc(CN4CCC(C(C)(C)O)CC4)cc32)CC1. The number of anilines is 1. The van der Waals surface area contributed by atoms with Gasteiger partial charge in [-0.25, -0.2) is 4.39 Å². The third kappa shape index (κ3) is 7.29. The van der Waals surface area contributed by atoms with Crippen molar-refractivity contribution in [1.82, 2.24) is 10.2 Å². The van der Waals surface area contributed by atoms with Crippen LogP contribution in [-0.2, 0) is 13.0 Å². The van der Waals surface area contributed by atoms with Crippen LogP contribution in [0.25, 0.3) is 0 Å². The van der Waals surface area contributed by atoms with E-state index in [-0.39, 0.29) is 17.5 Å². The summed E-state index contributed by atoms with van der Waals surface area (Å²) in [6.07, 6.45) is 7.00. The summed E-state index contributed by atoms with van der Waals surface area (Å²) in [4.78, 5) is 22.6. The van der Waals surface area contributed by atoms with Gasteiger partial charge in [0.1, 0.15) is 11.7 Å². The minimum Gasteiger partial charge on any atom is -0.390 e. The van der Waals surface area contributed by atoms with Crippen LogP contribution in [0.2, 0.25) is 0 Å². The molecule has 2 aromatic rings. The summed E-state index contributed by atoms with van der Waals surface area (Å²) in [6.45, 7) is 13.4. The van der Waals surface area contributed by atoms with Crippen LogP contribution >= 0.6 is 0 Å². The molecule has 1 aliphatic carbocycles. The molecule has 228 valence electrons. The maximum Gasteiger partial charge on any atom is 0.278 e. The fourth-order valence-corrected chi connectivity index (χ4v) is 7.36. The van der Waals surface area contributed by atoms with E-state index >= 15 is 0 Å². The first-order chi connectivity index (χ1) is 20.0. The molecule has 0 spiro atoms. The molecular weight excluding hydrogens is 527 g/mol. The molecule has 1 amide bonds. The van der Waals surface area contributed by atoms with Crippen molar-refractivity contribution in [3.8, 4) is 0 Å². The van der Waals surface area contributed by atoms with E-state index in [4.69, 9.17) is 0 Å². The second kappa shape index (κ2) is 12.9. The van der Waals surface area contributed by atoms with Crippen molar-refractivity contribution in [2.45, 2.75) is 110 Å². The van der Waals surface area contributed by atoms with Gasteiger partial charge in [-0.15, -0.1) is 0 Å². The van der Waals surface area contributed by atoms with E-state index in [9.17, 15) is 14.3 Å². The number of piperidine rings is 1. The quantitative estimate of drug-likeness (QED) is 0.383. The minimum absolute atomic E-state index is 0.283. The average molecular weight is 577 g/mol. The average Bonchev–Trinajstić information content (AvgIpc) is 3.29. The van der Waals surface area contributed by atoms with Gasteiger partial charge in [-0.1, -0.05) is 32.0 Å². The standard InChI is InChI=1S/C35H49FN4O2/c1-23(2)37-24(3)26-11-13-31(14-12-26)40-32-19-25(22-39-17-15-29(16-18-39)35(4,5)42)9-10-27(32)21-33(40)38-34(41)28-7-6-8-30(36)20-28/h6-10,19-20,23-24,26,29,31,37,42H,11-18,21-22H2,1-5H3. The van der Waals surface area contributed by atoms with Gasteiger partial charge in [-0.3, -0.25) is 9.69 Å². The number of benzene rings is 2. The Morgan fingerprint density at radius 2 is 1.76 bits per heavy atom. The van der Waals surface area contributed by atoms with Crippen LogP contribution in [0.1, 0.15) is 94.6 Å². The molecule has 1 saturated carbocycles. The van der Waals surface area contributed by atoms with E-state index in [1.54, 1.807) is 12.1 Å². The van der Waals surface area contributed by atoms with Gasteiger partial charge >= 0.3 is 0 Å². The lowest BCUT2D eigenvalue weighted by Gasteiger charge is -2.39. The largest absolute Gasteiger partial charge is 0.390 e. The van der Waals surface area contributed by atoms with E-state index in [0.29, 0.717) is 30.3 Å². The summed E-state index contributed by atoms with van der Waals surface area (Å²) in [5, 5.41) is 14.2. The molecule has 3 aliphatic rings. The van der Waals surface area contributed by atoms with Crippen molar-refractivity contribution >= 4 is 17.4 Å². The first kappa shape index (κ1) is 30.8. The Kier molecular flexibility index (Phi) is 9.50. The Bertz CT molecular complexity index is 1270. The molecule has 0 aromatic heterocycles. The van der Waals surface area contributed by atoms with Crippen molar-refractivity contribution in [3.05, 3.63) is 65.0 Å².